The number of benzene rings is 18. The van der Waals surface area contributed by atoms with Crippen LogP contribution in [0.5, 0.6) is 0 Å². The van der Waals surface area contributed by atoms with Crippen molar-refractivity contribution < 1.29 is 8.83 Å². The normalized spacial score (nSPS) is 12.0. The average Bonchev–Trinajstić information content (AvgIpc) is 1.56. The number of nitrogens with zero attached hydrogens (tertiary/aromatic N) is 8. The Balaban J connectivity index is 0.000000101. The van der Waals surface area contributed by atoms with Crippen molar-refractivity contribution >= 4 is 109 Å². The predicted molar refractivity (Wildman–Crippen MR) is 533 cm³/mol. The Morgan fingerprint density at radius 1 is 0.162 bits per heavy atom. The highest BCUT2D eigenvalue weighted by atomic mass is 16.3. The van der Waals surface area contributed by atoms with E-state index in [1.807, 2.05) is 36.7 Å². The molecule has 10 heteroatoms. The van der Waals surface area contributed by atoms with Crippen molar-refractivity contribution in [3.05, 3.63) is 438 Å². The first kappa shape index (κ1) is 72.8. The second kappa shape index (κ2) is 29.0. The van der Waals surface area contributed by atoms with E-state index in [1.54, 1.807) is 0 Å². The van der Waals surface area contributed by atoms with Gasteiger partial charge in [0.05, 0.1) is 34.1 Å². The van der Waals surface area contributed by atoms with Gasteiger partial charge in [0.2, 0.25) is 5.95 Å². The average molecular weight is 1660 g/mol. The lowest BCUT2D eigenvalue weighted by atomic mass is 9.82. The molecule has 130 heavy (non-hydrogen) atoms. The van der Waals surface area contributed by atoms with Gasteiger partial charge in [0, 0.05) is 143 Å². The number of hydrogen-bond donors (Lipinski definition) is 0. The van der Waals surface area contributed by atoms with E-state index in [9.17, 15) is 0 Å². The molecule has 0 saturated carbocycles. The molecule has 0 radical (unpaired) electrons. The van der Waals surface area contributed by atoms with E-state index in [4.69, 9.17) is 28.8 Å². The van der Waals surface area contributed by atoms with E-state index in [1.165, 1.54) is 160 Å². The van der Waals surface area contributed by atoms with Crippen molar-refractivity contribution in [3.8, 4) is 157 Å². The standard InChI is InChI=1S/C44H26N2O2.2C38H23N3/c1-2-12-28-27(11-1)35-23-45(39-19-9-17-33-31-15-5-7-21-41(31)47-43(33)39)25-37(35)29-13-3-4-14-30(29)38-26-46(24-36(28)38)40-20-10-18-34-32-16-6-8-22-42(32)48-44(34)40;1-2-12-25-24(11-1)26-13-4-7-18-31(26)35-22-41(23-36(35)32-19-8-5-14-27(25)32)38-39-21-34-30-17-6-3-15-28(30)29-16-9-10-20-33(29)37(34)40-38;1-2-12-25-24(11-1)26-13-3-5-17-30(26)34-22-41(23-35(34)31-18-6-4-14-27(25)31)36-21-39-37-32-19-9-7-15-28(32)29-16-8-10-20-33(29)38(37)40-36/h1-26H;2*1-23H. The highest BCUT2D eigenvalue weighted by Crippen LogP contribution is 2.54. The number of hydrogen-bond acceptors (Lipinski definition) is 6. The molecular formula is C120H72N8O2. The minimum Gasteiger partial charge on any atom is -0.454 e. The maximum Gasteiger partial charge on any atom is 0.234 e. The summed E-state index contributed by atoms with van der Waals surface area (Å²) in [4.78, 5) is 20.4. The van der Waals surface area contributed by atoms with Gasteiger partial charge in [0.15, 0.2) is 17.0 Å². The summed E-state index contributed by atoms with van der Waals surface area (Å²) in [6, 6.07) is 133. The quantitative estimate of drug-likeness (QED) is 0.163. The van der Waals surface area contributed by atoms with Crippen molar-refractivity contribution in [2.45, 2.75) is 0 Å². The molecule has 0 aliphatic heterocycles. The van der Waals surface area contributed by atoms with Crippen LogP contribution in [-0.4, -0.2) is 38.2 Å². The summed E-state index contributed by atoms with van der Waals surface area (Å²) in [5, 5.41) is 15.0. The fourth-order valence-electron chi connectivity index (χ4n) is 21.1. The molecule has 0 atom stereocenters. The maximum atomic E-state index is 6.47. The molecule has 0 N–H and O–H groups in total. The molecule has 604 valence electrons. The lowest BCUT2D eigenvalue weighted by Crippen LogP contribution is -1.99. The smallest absolute Gasteiger partial charge is 0.234 e. The lowest BCUT2D eigenvalue weighted by molar-refractivity contribution is 0.665. The van der Waals surface area contributed by atoms with Crippen LogP contribution in [-0.2, 0) is 0 Å². The Kier molecular flexibility index (Phi) is 16.2. The topological polar surface area (TPSA) is 97.6 Å². The first-order valence-corrected chi connectivity index (χ1v) is 44.1. The van der Waals surface area contributed by atoms with Crippen LogP contribution in [0.25, 0.3) is 266 Å². The van der Waals surface area contributed by atoms with Gasteiger partial charge >= 0.3 is 0 Å². The minimum absolute atomic E-state index is 0.664. The maximum absolute atomic E-state index is 6.47. The summed E-state index contributed by atoms with van der Waals surface area (Å²) in [6.07, 6.45) is 21.8. The molecular weight excluding hydrogens is 1590 g/mol. The molecule has 8 aromatic heterocycles. The Hall–Kier alpha value is -17.6. The van der Waals surface area contributed by atoms with E-state index < -0.39 is 0 Å². The molecule has 8 heterocycles. The Bertz CT molecular complexity index is 8390. The van der Waals surface area contributed by atoms with Gasteiger partial charge in [-0.1, -0.05) is 352 Å². The molecule has 3 aliphatic rings. The van der Waals surface area contributed by atoms with Gasteiger partial charge in [-0.25, -0.2) is 15.0 Å². The Morgan fingerprint density at radius 3 is 0.746 bits per heavy atom. The number of aromatic nitrogens is 8. The molecule has 0 fully saturated rings. The van der Waals surface area contributed by atoms with Crippen LogP contribution in [0.4, 0.5) is 0 Å². The summed E-state index contributed by atoms with van der Waals surface area (Å²) >= 11 is 0. The van der Waals surface area contributed by atoms with E-state index in [0.717, 1.165) is 99.2 Å². The third-order valence-electron chi connectivity index (χ3n) is 26.9. The molecule has 0 unspecified atom stereocenters. The Morgan fingerprint density at radius 2 is 0.408 bits per heavy atom. The third-order valence-corrected chi connectivity index (χ3v) is 26.9. The zero-order valence-corrected chi connectivity index (χ0v) is 70.0. The summed E-state index contributed by atoms with van der Waals surface area (Å²) in [5.41, 5.74) is 37.4. The first-order valence-electron chi connectivity index (χ1n) is 44.1. The van der Waals surface area contributed by atoms with Crippen LogP contribution in [0.15, 0.2) is 447 Å². The van der Waals surface area contributed by atoms with Crippen LogP contribution < -0.4 is 0 Å². The highest BCUT2D eigenvalue weighted by Gasteiger charge is 2.31. The highest BCUT2D eigenvalue weighted by molar-refractivity contribution is 6.25. The Labute approximate surface area is 745 Å². The first-order chi connectivity index (χ1) is 64.5. The van der Waals surface area contributed by atoms with Gasteiger partial charge in [-0.3, -0.25) is 9.55 Å². The molecule has 10 nitrogen and oxygen atoms in total. The molecule has 0 bridgehead atoms. The molecule has 3 aliphatic carbocycles. The second-order valence-corrected chi connectivity index (χ2v) is 33.9. The zero-order chi connectivity index (χ0) is 85.2. The number of fused-ring (bicyclic) bond motifs is 42. The van der Waals surface area contributed by atoms with Crippen LogP contribution in [0.2, 0.25) is 0 Å². The van der Waals surface area contributed by atoms with Gasteiger partial charge in [-0.15, -0.1) is 0 Å². The van der Waals surface area contributed by atoms with Gasteiger partial charge < -0.3 is 22.5 Å². The summed E-state index contributed by atoms with van der Waals surface area (Å²) in [5.74, 6) is 1.47. The summed E-state index contributed by atoms with van der Waals surface area (Å²) in [7, 11) is 0. The molecule has 0 amide bonds. The summed E-state index contributed by atoms with van der Waals surface area (Å²) in [6.45, 7) is 0. The monoisotopic (exact) mass is 1660 g/mol. The van der Waals surface area contributed by atoms with Gasteiger partial charge in [0.1, 0.15) is 11.2 Å². The molecule has 18 aromatic carbocycles. The molecule has 0 saturated heterocycles. The molecule has 26 aromatic rings. The van der Waals surface area contributed by atoms with Crippen molar-refractivity contribution in [1.82, 2.24) is 38.2 Å². The van der Waals surface area contributed by atoms with Gasteiger partial charge in [0.25, 0.3) is 0 Å². The largest absolute Gasteiger partial charge is 0.454 e. The third kappa shape index (κ3) is 11.3. The predicted octanol–water partition coefficient (Wildman–Crippen LogP) is 31.5. The van der Waals surface area contributed by atoms with Gasteiger partial charge in [-0.05, 0) is 140 Å². The van der Waals surface area contributed by atoms with E-state index in [2.05, 4.69) is 420 Å². The SMILES string of the molecule is c1ccc2c(c1)-c1ccccc1-c1cn(-c3cnc4c5ccccc5c5ccccc5c4n3)cc1-c1ccccc1-2.c1ccc2c(c1)-c1ccccc1-c1cn(-c3ncc4c5ccccc5c5ccccc5c4n3)cc1-c1ccccc1-2.c1ccc2c(c1)-c1cn(-c3cccc4c3oc3ccccc34)cc1-c1ccccc1-c1cn(-c3cccc4c3oc3ccccc34)cc1-2. The lowest BCUT2D eigenvalue weighted by Gasteiger charge is -2.20. The van der Waals surface area contributed by atoms with Crippen molar-refractivity contribution in [1.29, 1.82) is 0 Å². The number of para-hydroxylation sites is 4. The minimum atomic E-state index is 0.664. The van der Waals surface area contributed by atoms with Crippen LogP contribution in [0.3, 0.4) is 0 Å². The van der Waals surface area contributed by atoms with E-state index in [-0.39, 0.29) is 0 Å². The molecule has 0 spiro atoms. The van der Waals surface area contributed by atoms with Crippen molar-refractivity contribution in [2.75, 3.05) is 0 Å². The fourth-order valence-corrected chi connectivity index (χ4v) is 21.1. The van der Waals surface area contributed by atoms with Crippen molar-refractivity contribution in [3.63, 3.8) is 0 Å². The van der Waals surface area contributed by atoms with E-state index >= 15 is 0 Å². The van der Waals surface area contributed by atoms with Crippen molar-refractivity contribution in [2.24, 2.45) is 0 Å². The number of furan rings is 2. The molecule has 29 rings (SSSR count). The van der Waals surface area contributed by atoms with Crippen LogP contribution >= 0.6 is 0 Å². The van der Waals surface area contributed by atoms with E-state index in [0.29, 0.717) is 5.95 Å². The van der Waals surface area contributed by atoms with Crippen LogP contribution in [0, 0.1) is 0 Å². The van der Waals surface area contributed by atoms with Crippen LogP contribution in [0.1, 0.15) is 0 Å². The number of rotatable bonds is 4. The van der Waals surface area contributed by atoms with Gasteiger partial charge in [-0.2, -0.15) is 0 Å². The zero-order valence-electron chi connectivity index (χ0n) is 70.0. The fraction of sp³-hybridized carbons (Fsp3) is 0. The second-order valence-electron chi connectivity index (χ2n) is 33.9. The summed E-state index contributed by atoms with van der Waals surface area (Å²) < 4.78 is 21.7.